The Kier molecular flexibility index (Phi) is 6.90. The molecule has 1 aromatic heterocycles. The third-order valence-corrected chi connectivity index (χ3v) is 5.92. The van der Waals surface area contributed by atoms with E-state index >= 15 is 0 Å². The monoisotopic (exact) mass is 390 g/mol. The minimum atomic E-state index is -0.143. The molecule has 2 aromatic rings. The fourth-order valence-corrected chi connectivity index (χ4v) is 4.35. The van der Waals surface area contributed by atoms with Gasteiger partial charge in [-0.15, -0.1) is 0 Å². The molecular weight excluding hydrogens is 360 g/mol. The third-order valence-electron chi connectivity index (χ3n) is 4.98. The Labute approximate surface area is 164 Å². The van der Waals surface area contributed by atoms with Gasteiger partial charge in [0.15, 0.2) is 0 Å². The minimum absolute atomic E-state index is 0.134. The fraction of sp³-hybridized carbons (Fsp3) is 0.600. The van der Waals surface area contributed by atoms with E-state index in [1.807, 2.05) is 13.8 Å². The number of aryl methyl sites for hydroxylation is 1. The molecule has 0 atom stereocenters. The maximum atomic E-state index is 12.3. The Morgan fingerprint density at radius 2 is 1.63 bits per heavy atom. The van der Waals surface area contributed by atoms with E-state index in [0.29, 0.717) is 19.0 Å². The van der Waals surface area contributed by atoms with Crippen molar-refractivity contribution < 1.29 is 0 Å². The molecule has 1 saturated heterocycles. The summed E-state index contributed by atoms with van der Waals surface area (Å²) in [6.45, 7) is 10.5. The van der Waals surface area contributed by atoms with Crippen molar-refractivity contribution in [1.29, 1.82) is 0 Å². The van der Waals surface area contributed by atoms with Gasteiger partial charge >= 0.3 is 10.6 Å². The second kappa shape index (κ2) is 9.37. The quantitative estimate of drug-likeness (QED) is 0.649. The van der Waals surface area contributed by atoms with Gasteiger partial charge in [0.05, 0.1) is 0 Å². The lowest BCUT2D eigenvalue weighted by atomic mass is 10.2. The first kappa shape index (κ1) is 19.9. The topological polar surface area (TPSA) is 50.5 Å². The van der Waals surface area contributed by atoms with E-state index < -0.39 is 0 Å². The molecule has 0 unspecified atom stereocenters. The second-order valence-corrected chi connectivity index (χ2v) is 8.59. The summed E-state index contributed by atoms with van der Waals surface area (Å²) < 4.78 is 3.00. The standard InChI is InChI=1S/C20H30N4O2S/c1-17(2)16-23-19(25)24(27-20(23)26)11-7-6-10-21-12-14-22(15-13-21)18-8-4-3-5-9-18/h3-5,8-9,17H,6-7,10-16H2,1-2H3. The zero-order valence-corrected chi connectivity index (χ0v) is 17.2. The van der Waals surface area contributed by atoms with Crippen molar-refractivity contribution in [2.45, 2.75) is 39.8 Å². The summed E-state index contributed by atoms with van der Waals surface area (Å²) in [7, 11) is 0. The number of unbranched alkanes of at least 4 members (excludes halogenated alkanes) is 1. The van der Waals surface area contributed by atoms with Crippen LogP contribution in [0.5, 0.6) is 0 Å². The van der Waals surface area contributed by atoms with E-state index in [1.165, 1.54) is 10.3 Å². The number of para-hydroxylation sites is 1. The van der Waals surface area contributed by atoms with Gasteiger partial charge in [-0.1, -0.05) is 32.0 Å². The van der Waals surface area contributed by atoms with E-state index in [4.69, 9.17) is 0 Å². The molecule has 0 saturated carbocycles. The van der Waals surface area contributed by atoms with Gasteiger partial charge in [0, 0.05) is 56.5 Å². The molecule has 0 radical (unpaired) electrons. The molecule has 0 spiro atoms. The Morgan fingerprint density at radius 3 is 2.30 bits per heavy atom. The van der Waals surface area contributed by atoms with Gasteiger partial charge in [0.1, 0.15) is 0 Å². The van der Waals surface area contributed by atoms with Crippen LogP contribution >= 0.6 is 11.5 Å². The van der Waals surface area contributed by atoms with Gasteiger partial charge in [0.25, 0.3) is 0 Å². The zero-order chi connectivity index (χ0) is 19.2. The molecule has 1 aromatic carbocycles. The van der Waals surface area contributed by atoms with Gasteiger partial charge in [-0.05, 0) is 37.4 Å². The molecule has 0 aliphatic carbocycles. The summed E-state index contributed by atoms with van der Waals surface area (Å²) in [5.41, 5.74) is 1.16. The zero-order valence-electron chi connectivity index (χ0n) is 16.3. The van der Waals surface area contributed by atoms with E-state index in [-0.39, 0.29) is 10.6 Å². The molecular formula is C20H30N4O2S. The maximum absolute atomic E-state index is 12.3. The number of rotatable bonds is 8. The third kappa shape index (κ3) is 5.32. The van der Waals surface area contributed by atoms with Crippen LogP contribution in [0.1, 0.15) is 26.7 Å². The lowest BCUT2D eigenvalue weighted by molar-refractivity contribution is 0.251. The van der Waals surface area contributed by atoms with Gasteiger partial charge in [-0.3, -0.25) is 9.69 Å². The summed E-state index contributed by atoms with van der Waals surface area (Å²) >= 11 is 1.06. The highest BCUT2D eigenvalue weighted by atomic mass is 32.1. The van der Waals surface area contributed by atoms with Crippen molar-refractivity contribution in [2.24, 2.45) is 5.92 Å². The van der Waals surface area contributed by atoms with Gasteiger partial charge in [-0.25, -0.2) is 13.3 Å². The van der Waals surface area contributed by atoms with Crippen LogP contribution in [0, 0.1) is 5.92 Å². The Bertz CT molecular complexity index is 816. The normalized spacial score (nSPS) is 15.6. The molecule has 27 heavy (non-hydrogen) atoms. The molecule has 3 rings (SSSR count). The number of nitrogens with zero attached hydrogens (tertiary/aromatic N) is 4. The van der Waals surface area contributed by atoms with E-state index in [1.54, 1.807) is 3.96 Å². The Balaban J connectivity index is 1.40. The van der Waals surface area contributed by atoms with Crippen molar-refractivity contribution >= 4 is 17.2 Å². The first-order chi connectivity index (χ1) is 13.0. The molecule has 0 N–H and O–H groups in total. The highest BCUT2D eigenvalue weighted by Gasteiger charge is 2.17. The van der Waals surface area contributed by atoms with Crippen molar-refractivity contribution in [3.8, 4) is 0 Å². The summed E-state index contributed by atoms with van der Waals surface area (Å²) in [6, 6.07) is 10.6. The summed E-state index contributed by atoms with van der Waals surface area (Å²) in [4.78, 5) is 29.1. The van der Waals surface area contributed by atoms with Crippen LogP contribution < -0.4 is 15.5 Å². The Morgan fingerprint density at radius 1 is 0.963 bits per heavy atom. The average Bonchev–Trinajstić information content (AvgIpc) is 2.93. The molecule has 6 nitrogen and oxygen atoms in total. The van der Waals surface area contributed by atoms with E-state index in [9.17, 15) is 9.59 Å². The van der Waals surface area contributed by atoms with Crippen LogP contribution in [-0.4, -0.2) is 46.1 Å². The first-order valence-corrected chi connectivity index (χ1v) is 10.6. The molecule has 0 bridgehead atoms. The van der Waals surface area contributed by atoms with Crippen molar-refractivity contribution in [3.05, 3.63) is 50.5 Å². The number of hydrogen-bond acceptors (Lipinski definition) is 5. The lowest BCUT2D eigenvalue weighted by Gasteiger charge is -2.36. The van der Waals surface area contributed by atoms with Crippen LogP contribution in [0.25, 0.3) is 0 Å². The predicted molar refractivity (Wildman–Crippen MR) is 112 cm³/mol. The number of hydrogen-bond donors (Lipinski definition) is 0. The van der Waals surface area contributed by atoms with Crippen LogP contribution in [0.2, 0.25) is 0 Å². The SMILES string of the molecule is CC(C)Cn1c(=O)sn(CCCCN2CCN(c3ccccc3)CC2)c1=O. The fourth-order valence-electron chi connectivity index (χ4n) is 3.51. The molecule has 148 valence electrons. The second-order valence-electron chi connectivity index (χ2n) is 7.62. The van der Waals surface area contributed by atoms with Crippen LogP contribution in [0.4, 0.5) is 5.69 Å². The van der Waals surface area contributed by atoms with Crippen molar-refractivity contribution in [1.82, 2.24) is 13.4 Å². The van der Waals surface area contributed by atoms with Crippen LogP contribution in [0.15, 0.2) is 39.9 Å². The van der Waals surface area contributed by atoms with Gasteiger partial charge in [0.2, 0.25) is 0 Å². The van der Waals surface area contributed by atoms with Crippen LogP contribution in [0.3, 0.4) is 0 Å². The summed E-state index contributed by atoms with van der Waals surface area (Å²) in [6.07, 6.45) is 1.98. The number of anilines is 1. The summed E-state index contributed by atoms with van der Waals surface area (Å²) in [5.74, 6) is 0.299. The largest absolute Gasteiger partial charge is 0.369 e. The van der Waals surface area contributed by atoms with Crippen molar-refractivity contribution in [3.63, 3.8) is 0 Å². The lowest BCUT2D eigenvalue weighted by Crippen LogP contribution is -2.46. The smallest absolute Gasteiger partial charge is 0.341 e. The molecule has 1 fully saturated rings. The predicted octanol–water partition coefficient (Wildman–Crippen LogP) is 2.33. The highest BCUT2D eigenvalue weighted by molar-refractivity contribution is 7.03. The number of aromatic nitrogens is 2. The van der Waals surface area contributed by atoms with Gasteiger partial charge < -0.3 is 4.90 Å². The van der Waals surface area contributed by atoms with E-state index in [2.05, 4.69) is 40.1 Å². The molecule has 1 aliphatic rings. The highest BCUT2D eigenvalue weighted by Crippen LogP contribution is 2.15. The molecule has 2 heterocycles. The number of benzene rings is 1. The molecule has 1 aliphatic heterocycles. The molecule has 0 amide bonds. The maximum Gasteiger partial charge on any atom is 0.341 e. The minimum Gasteiger partial charge on any atom is -0.369 e. The van der Waals surface area contributed by atoms with Crippen molar-refractivity contribution in [2.75, 3.05) is 37.6 Å². The van der Waals surface area contributed by atoms with E-state index in [0.717, 1.165) is 57.1 Å². The number of piperazine rings is 1. The molecule has 7 heteroatoms. The van der Waals surface area contributed by atoms with Gasteiger partial charge in [-0.2, -0.15) is 0 Å². The first-order valence-electron chi connectivity index (χ1n) is 9.88. The summed E-state index contributed by atoms with van der Waals surface area (Å²) in [5, 5.41) is 0. The Hall–Kier alpha value is -1.86. The van der Waals surface area contributed by atoms with Crippen LogP contribution in [-0.2, 0) is 13.1 Å². The average molecular weight is 391 g/mol.